The third-order valence-corrected chi connectivity index (χ3v) is 2.74. The summed E-state index contributed by atoms with van der Waals surface area (Å²) in [6.07, 6.45) is 0.628. The monoisotopic (exact) mass is 279 g/mol. The lowest BCUT2D eigenvalue weighted by Gasteiger charge is -2.14. The van der Waals surface area contributed by atoms with Crippen molar-refractivity contribution in [3.8, 4) is 0 Å². The van der Waals surface area contributed by atoms with Crippen LogP contribution in [0.2, 0.25) is 0 Å². The van der Waals surface area contributed by atoms with Gasteiger partial charge in [0, 0.05) is 12.0 Å². The summed E-state index contributed by atoms with van der Waals surface area (Å²) in [6.45, 7) is 0. The van der Waals surface area contributed by atoms with Gasteiger partial charge in [0.2, 0.25) is 0 Å². The minimum absolute atomic E-state index is 0.126. The number of rotatable bonds is 7. The predicted molar refractivity (Wildman–Crippen MR) is 71.2 cm³/mol. The molecular weight excluding hydrogens is 262 g/mol. The molecule has 1 aromatic carbocycles. The minimum atomic E-state index is -1.13. The number of esters is 1. The van der Waals surface area contributed by atoms with Gasteiger partial charge >= 0.3 is 11.9 Å². The first-order chi connectivity index (χ1) is 9.54. The van der Waals surface area contributed by atoms with E-state index in [-0.39, 0.29) is 12.8 Å². The van der Waals surface area contributed by atoms with E-state index in [1.54, 1.807) is 30.3 Å². The second-order valence-electron chi connectivity index (χ2n) is 4.20. The van der Waals surface area contributed by atoms with Crippen LogP contribution in [0.3, 0.4) is 0 Å². The van der Waals surface area contributed by atoms with E-state index in [4.69, 9.17) is 5.11 Å². The molecule has 0 aliphatic rings. The molecule has 1 atom stereocenters. The zero-order valence-corrected chi connectivity index (χ0v) is 11.2. The molecule has 0 saturated heterocycles. The van der Waals surface area contributed by atoms with Crippen LogP contribution in [0.15, 0.2) is 30.3 Å². The molecule has 0 fully saturated rings. The van der Waals surface area contributed by atoms with Gasteiger partial charge in [0.25, 0.3) is 5.91 Å². The summed E-state index contributed by atoms with van der Waals surface area (Å²) in [4.78, 5) is 33.9. The Labute approximate surface area is 116 Å². The summed E-state index contributed by atoms with van der Waals surface area (Å²) in [6, 6.07) is 7.34. The van der Waals surface area contributed by atoms with Gasteiger partial charge in [-0.05, 0) is 25.0 Å². The van der Waals surface area contributed by atoms with E-state index >= 15 is 0 Å². The number of carbonyl (C=O) groups excluding carboxylic acids is 2. The highest BCUT2D eigenvalue weighted by molar-refractivity contribution is 5.96. The Morgan fingerprint density at radius 2 is 1.90 bits per heavy atom. The largest absolute Gasteiger partial charge is 0.480 e. The molecule has 0 aliphatic carbocycles. The standard InChI is InChI=1S/C14H17NO5/c1-20-12(16)9-5-8-11(14(18)19)15-13(17)10-6-3-2-4-7-10/h2-4,6-7,11H,5,8-9H2,1H3,(H,15,17)(H,18,19)/t11-/m0/s1. The third kappa shape index (κ3) is 5.09. The molecule has 6 nitrogen and oxygen atoms in total. The molecule has 2 N–H and O–H groups in total. The molecule has 0 aliphatic heterocycles. The maximum absolute atomic E-state index is 11.8. The predicted octanol–water partition coefficient (Wildman–Crippen LogP) is 1.21. The topological polar surface area (TPSA) is 92.7 Å². The fourth-order valence-corrected chi connectivity index (χ4v) is 1.64. The third-order valence-electron chi connectivity index (χ3n) is 2.74. The summed E-state index contributed by atoms with van der Waals surface area (Å²) in [5, 5.41) is 11.5. The number of amides is 1. The lowest BCUT2D eigenvalue weighted by Crippen LogP contribution is -2.40. The molecule has 1 rings (SSSR count). The Morgan fingerprint density at radius 1 is 1.25 bits per heavy atom. The normalized spacial score (nSPS) is 11.4. The Bertz CT molecular complexity index is 472. The quantitative estimate of drug-likeness (QED) is 0.732. The molecule has 0 radical (unpaired) electrons. The minimum Gasteiger partial charge on any atom is -0.480 e. The number of nitrogens with one attached hydrogen (secondary N) is 1. The van der Waals surface area contributed by atoms with Crippen LogP contribution in [0.25, 0.3) is 0 Å². The summed E-state index contributed by atoms with van der Waals surface area (Å²) in [5.74, 6) is -1.97. The van der Waals surface area contributed by atoms with Gasteiger partial charge in [-0.25, -0.2) is 4.79 Å². The Balaban J connectivity index is 2.53. The van der Waals surface area contributed by atoms with Crippen LogP contribution in [0.4, 0.5) is 0 Å². The molecule has 0 bridgehead atoms. The number of carboxylic acid groups (broad SMARTS) is 1. The second kappa shape index (κ2) is 7.93. The van der Waals surface area contributed by atoms with Gasteiger partial charge in [0.1, 0.15) is 6.04 Å². The van der Waals surface area contributed by atoms with E-state index in [0.717, 1.165) is 0 Å². The number of aliphatic carboxylic acids is 1. The van der Waals surface area contributed by atoms with Gasteiger partial charge in [0.05, 0.1) is 7.11 Å². The number of ether oxygens (including phenoxy) is 1. The molecular formula is C14H17NO5. The van der Waals surface area contributed by atoms with Crippen molar-refractivity contribution in [3.05, 3.63) is 35.9 Å². The lowest BCUT2D eigenvalue weighted by molar-refractivity contribution is -0.142. The second-order valence-corrected chi connectivity index (χ2v) is 4.20. The van der Waals surface area contributed by atoms with Gasteiger partial charge < -0.3 is 15.2 Å². The molecule has 0 spiro atoms. The fourth-order valence-electron chi connectivity index (χ4n) is 1.64. The lowest BCUT2D eigenvalue weighted by atomic mass is 10.1. The van der Waals surface area contributed by atoms with E-state index in [0.29, 0.717) is 12.0 Å². The summed E-state index contributed by atoms with van der Waals surface area (Å²) >= 11 is 0. The van der Waals surface area contributed by atoms with Crippen molar-refractivity contribution >= 4 is 17.8 Å². The van der Waals surface area contributed by atoms with E-state index in [1.807, 2.05) is 0 Å². The fraction of sp³-hybridized carbons (Fsp3) is 0.357. The van der Waals surface area contributed by atoms with E-state index in [1.165, 1.54) is 7.11 Å². The van der Waals surface area contributed by atoms with Gasteiger partial charge in [-0.1, -0.05) is 18.2 Å². The van der Waals surface area contributed by atoms with Crippen LogP contribution in [0.5, 0.6) is 0 Å². The van der Waals surface area contributed by atoms with Crippen molar-refractivity contribution in [2.75, 3.05) is 7.11 Å². The van der Waals surface area contributed by atoms with Crippen molar-refractivity contribution in [2.45, 2.75) is 25.3 Å². The maximum Gasteiger partial charge on any atom is 0.326 e. The molecule has 0 unspecified atom stereocenters. The highest BCUT2D eigenvalue weighted by Gasteiger charge is 2.20. The number of carbonyl (C=O) groups is 3. The smallest absolute Gasteiger partial charge is 0.326 e. The number of benzene rings is 1. The van der Waals surface area contributed by atoms with Crippen molar-refractivity contribution < 1.29 is 24.2 Å². The average molecular weight is 279 g/mol. The van der Waals surface area contributed by atoms with Crippen molar-refractivity contribution in [3.63, 3.8) is 0 Å². The first-order valence-electron chi connectivity index (χ1n) is 6.20. The Kier molecular flexibility index (Phi) is 6.22. The van der Waals surface area contributed by atoms with Crippen LogP contribution in [-0.4, -0.2) is 36.1 Å². The first kappa shape index (κ1) is 15.7. The summed E-state index contributed by atoms with van der Waals surface area (Å²) in [5.41, 5.74) is 0.395. The number of hydrogen-bond acceptors (Lipinski definition) is 4. The Hall–Kier alpha value is -2.37. The Morgan fingerprint density at radius 3 is 2.45 bits per heavy atom. The highest BCUT2D eigenvalue weighted by atomic mass is 16.5. The molecule has 6 heteroatoms. The molecule has 0 saturated carbocycles. The van der Waals surface area contributed by atoms with Crippen molar-refractivity contribution in [2.24, 2.45) is 0 Å². The van der Waals surface area contributed by atoms with Gasteiger partial charge in [0.15, 0.2) is 0 Å². The SMILES string of the molecule is COC(=O)CCC[C@H](NC(=O)c1ccccc1)C(=O)O. The van der Waals surface area contributed by atoms with Gasteiger partial charge in [-0.3, -0.25) is 9.59 Å². The molecule has 0 aromatic heterocycles. The maximum atomic E-state index is 11.8. The molecule has 0 heterocycles. The van der Waals surface area contributed by atoms with Crippen LogP contribution in [0, 0.1) is 0 Å². The van der Waals surface area contributed by atoms with Crippen LogP contribution >= 0.6 is 0 Å². The van der Waals surface area contributed by atoms with Gasteiger partial charge in [-0.15, -0.1) is 0 Å². The van der Waals surface area contributed by atoms with Crippen LogP contribution in [0.1, 0.15) is 29.6 Å². The van der Waals surface area contributed by atoms with Crippen molar-refractivity contribution in [1.82, 2.24) is 5.32 Å². The van der Waals surface area contributed by atoms with Crippen LogP contribution in [-0.2, 0) is 14.3 Å². The summed E-state index contributed by atoms with van der Waals surface area (Å²) < 4.78 is 4.47. The molecule has 20 heavy (non-hydrogen) atoms. The molecule has 1 amide bonds. The highest BCUT2D eigenvalue weighted by Crippen LogP contribution is 2.05. The zero-order valence-electron chi connectivity index (χ0n) is 11.2. The van der Waals surface area contributed by atoms with Crippen LogP contribution < -0.4 is 5.32 Å². The molecule has 1 aromatic rings. The summed E-state index contributed by atoms with van der Waals surface area (Å²) in [7, 11) is 1.27. The number of hydrogen-bond donors (Lipinski definition) is 2. The van der Waals surface area contributed by atoms with E-state index in [2.05, 4.69) is 10.1 Å². The van der Waals surface area contributed by atoms with Crippen molar-refractivity contribution in [1.29, 1.82) is 0 Å². The zero-order chi connectivity index (χ0) is 15.0. The number of methoxy groups -OCH3 is 1. The molecule has 108 valence electrons. The van der Waals surface area contributed by atoms with Gasteiger partial charge in [-0.2, -0.15) is 0 Å². The van der Waals surface area contributed by atoms with E-state index in [9.17, 15) is 14.4 Å². The average Bonchev–Trinajstić information content (AvgIpc) is 2.46. The van der Waals surface area contributed by atoms with E-state index < -0.39 is 23.9 Å². The number of carboxylic acids is 1. The first-order valence-corrected chi connectivity index (χ1v) is 6.20.